The minimum atomic E-state index is -1.16. The predicted octanol–water partition coefficient (Wildman–Crippen LogP) is 3.60. The van der Waals surface area contributed by atoms with Crippen molar-refractivity contribution >= 4 is 5.91 Å². The Morgan fingerprint density at radius 1 is 1.35 bits per heavy atom. The molecule has 1 aliphatic carbocycles. The van der Waals surface area contributed by atoms with E-state index in [-0.39, 0.29) is 30.2 Å². The Labute approximate surface area is 151 Å². The predicted molar refractivity (Wildman–Crippen MR) is 95.6 cm³/mol. The summed E-state index contributed by atoms with van der Waals surface area (Å²) < 4.78 is 24.4. The lowest BCUT2D eigenvalue weighted by Gasteiger charge is -2.21. The second-order valence-corrected chi connectivity index (χ2v) is 6.08. The molecule has 0 spiro atoms. The summed E-state index contributed by atoms with van der Waals surface area (Å²) in [5.41, 5.74) is 2.17. The van der Waals surface area contributed by atoms with Crippen LogP contribution in [-0.4, -0.2) is 36.3 Å². The van der Waals surface area contributed by atoms with Crippen LogP contribution in [0, 0.1) is 0 Å². The first-order valence-electron chi connectivity index (χ1n) is 8.13. The summed E-state index contributed by atoms with van der Waals surface area (Å²) in [4.78, 5) is 14.4. The molecule has 6 heteroatoms. The van der Waals surface area contributed by atoms with Crippen molar-refractivity contribution in [2.75, 3.05) is 14.2 Å². The highest BCUT2D eigenvalue weighted by Crippen LogP contribution is 2.39. The molecule has 1 aliphatic heterocycles. The minimum absolute atomic E-state index is 0.206. The molecule has 1 unspecified atom stereocenters. The number of ether oxygens (including phenoxy) is 2. The number of hydrogen-bond acceptors (Lipinski definition) is 4. The first-order chi connectivity index (χ1) is 12.4. The summed E-state index contributed by atoms with van der Waals surface area (Å²) in [6, 6.07) is 5.37. The molecule has 2 aliphatic rings. The molecule has 0 radical (unpaired) electrons. The summed E-state index contributed by atoms with van der Waals surface area (Å²) in [5, 5.41) is 9.48. The van der Waals surface area contributed by atoms with Crippen molar-refractivity contribution in [3.63, 3.8) is 0 Å². The van der Waals surface area contributed by atoms with E-state index in [2.05, 4.69) is 6.58 Å². The number of hydrogen-bond donors (Lipinski definition) is 1. The van der Waals surface area contributed by atoms with E-state index in [4.69, 9.17) is 9.47 Å². The Bertz CT molecular complexity index is 831. The van der Waals surface area contributed by atoms with E-state index in [1.54, 1.807) is 31.3 Å². The number of amides is 1. The molecular weight excluding hydrogens is 337 g/mol. The van der Waals surface area contributed by atoms with Crippen molar-refractivity contribution in [2.45, 2.75) is 19.1 Å². The van der Waals surface area contributed by atoms with Crippen LogP contribution in [0.5, 0.6) is 11.5 Å². The number of benzene rings is 1. The van der Waals surface area contributed by atoms with Gasteiger partial charge in [0.05, 0.1) is 26.3 Å². The lowest BCUT2D eigenvalue weighted by atomic mass is 9.98. The van der Waals surface area contributed by atoms with Gasteiger partial charge in [0, 0.05) is 23.8 Å². The van der Waals surface area contributed by atoms with E-state index in [9.17, 15) is 14.3 Å². The zero-order valence-electron chi connectivity index (χ0n) is 14.7. The summed E-state index contributed by atoms with van der Waals surface area (Å²) in [7, 11) is 3.11. The van der Waals surface area contributed by atoms with E-state index < -0.39 is 6.17 Å². The van der Waals surface area contributed by atoms with Gasteiger partial charge in [-0.2, -0.15) is 0 Å². The van der Waals surface area contributed by atoms with Gasteiger partial charge in [-0.1, -0.05) is 12.7 Å². The number of allylic oxidation sites excluding steroid dienone is 4. The van der Waals surface area contributed by atoms with Crippen molar-refractivity contribution in [3.05, 3.63) is 71.2 Å². The van der Waals surface area contributed by atoms with Crippen LogP contribution in [0.4, 0.5) is 4.39 Å². The monoisotopic (exact) mass is 357 g/mol. The summed E-state index contributed by atoms with van der Waals surface area (Å²) in [6.07, 6.45) is 3.43. The third-order valence-corrected chi connectivity index (χ3v) is 4.28. The van der Waals surface area contributed by atoms with Gasteiger partial charge in [-0.3, -0.25) is 4.79 Å². The van der Waals surface area contributed by atoms with Gasteiger partial charge in [0.2, 0.25) is 0 Å². The summed E-state index contributed by atoms with van der Waals surface area (Å²) in [6.45, 7) is 3.66. The van der Waals surface area contributed by atoms with Crippen molar-refractivity contribution < 1.29 is 23.8 Å². The van der Waals surface area contributed by atoms with Crippen molar-refractivity contribution in [1.29, 1.82) is 0 Å². The van der Waals surface area contributed by atoms with Gasteiger partial charge in [-0.15, -0.1) is 0 Å². The van der Waals surface area contributed by atoms with Crippen LogP contribution >= 0.6 is 0 Å². The SMILES string of the molecule is C=C(O)/C=C1\C(=O)N(Cc2cc(OC)cc(OC)c2)C2=CCC(F)C=C21. The zero-order valence-corrected chi connectivity index (χ0v) is 14.7. The van der Waals surface area contributed by atoms with Gasteiger partial charge >= 0.3 is 0 Å². The molecule has 1 aromatic carbocycles. The molecule has 3 rings (SSSR count). The van der Waals surface area contributed by atoms with Crippen LogP contribution in [0.25, 0.3) is 0 Å². The van der Waals surface area contributed by atoms with Crippen LogP contribution in [-0.2, 0) is 11.3 Å². The molecule has 0 saturated carbocycles. The maximum Gasteiger partial charge on any atom is 0.259 e. The highest BCUT2D eigenvalue weighted by atomic mass is 19.1. The maximum atomic E-state index is 13.8. The number of carbonyl (C=O) groups is 1. The van der Waals surface area contributed by atoms with Gasteiger partial charge in [-0.25, -0.2) is 4.39 Å². The number of aliphatic hydroxyl groups is 1. The maximum absolute atomic E-state index is 13.8. The Balaban J connectivity index is 1.99. The highest BCUT2D eigenvalue weighted by molar-refractivity contribution is 6.05. The van der Waals surface area contributed by atoms with Crippen LogP contribution < -0.4 is 9.47 Å². The molecule has 1 atom stereocenters. The largest absolute Gasteiger partial charge is 0.509 e. The topological polar surface area (TPSA) is 59.0 Å². The van der Waals surface area contributed by atoms with Crippen molar-refractivity contribution in [1.82, 2.24) is 4.90 Å². The molecule has 1 fully saturated rings. The standard InChI is InChI=1S/C20H20FNO4/c1-12(23)6-18-17-9-14(21)4-5-19(17)22(20(18)24)11-13-7-15(25-2)10-16(8-13)26-3/h5-10,14,23H,1,4,11H2,2-3H3/b18-6-. The van der Waals surface area contributed by atoms with Crippen molar-refractivity contribution in [2.24, 2.45) is 0 Å². The molecule has 136 valence electrons. The van der Waals surface area contributed by atoms with Crippen LogP contribution in [0.15, 0.2) is 65.6 Å². The second kappa shape index (κ2) is 7.07. The number of alkyl halides is 1. The lowest BCUT2D eigenvalue weighted by Crippen LogP contribution is -2.24. The fourth-order valence-corrected chi connectivity index (χ4v) is 3.13. The average molecular weight is 357 g/mol. The molecule has 0 aromatic heterocycles. The van der Waals surface area contributed by atoms with Gasteiger partial charge in [0.25, 0.3) is 5.91 Å². The minimum Gasteiger partial charge on any atom is -0.509 e. The number of rotatable bonds is 5. The fourth-order valence-electron chi connectivity index (χ4n) is 3.13. The number of fused-ring (bicyclic) bond motifs is 1. The van der Waals surface area contributed by atoms with Gasteiger partial charge in [0.1, 0.15) is 23.4 Å². The van der Waals surface area contributed by atoms with Crippen molar-refractivity contribution in [3.8, 4) is 11.5 Å². The normalized spacial score (nSPS) is 20.6. The zero-order chi connectivity index (χ0) is 18.8. The Kier molecular flexibility index (Phi) is 4.84. The summed E-state index contributed by atoms with van der Waals surface area (Å²) in [5.74, 6) is 0.665. The van der Waals surface area contributed by atoms with E-state index in [0.717, 1.165) is 5.56 Å². The molecular formula is C20H20FNO4. The first-order valence-corrected chi connectivity index (χ1v) is 8.13. The Hall–Kier alpha value is -3.02. The van der Waals surface area contributed by atoms with Crippen LogP contribution in [0.3, 0.4) is 0 Å². The lowest BCUT2D eigenvalue weighted by molar-refractivity contribution is -0.124. The van der Waals surface area contributed by atoms with Gasteiger partial charge < -0.3 is 19.5 Å². The van der Waals surface area contributed by atoms with E-state index in [1.807, 2.05) is 12.1 Å². The Morgan fingerprint density at radius 2 is 2.00 bits per heavy atom. The molecule has 1 saturated heterocycles. The number of carbonyl (C=O) groups excluding carboxylic acids is 1. The molecule has 5 nitrogen and oxygen atoms in total. The highest BCUT2D eigenvalue weighted by Gasteiger charge is 2.37. The molecule has 1 amide bonds. The number of methoxy groups -OCH3 is 2. The van der Waals surface area contributed by atoms with E-state index in [1.165, 1.54) is 12.2 Å². The number of aliphatic hydroxyl groups excluding tert-OH is 1. The van der Waals surface area contributed by atoms with Crippen LogP contribution in [0.1, 0.15) is 12.0 Å². The van der Waals surface area contributed by atoms with Gasteiger partial charge in [-0.05, 0) is 29.8 Å². The molecule has 1 heterocycles. The molecule has 1 N–H and O–H groups in total. The first kappa shape index (κ1) is 17.8. The average Bonchev–Trinajstić information content (AvgIpc) is 2.86. The number of likely N-dealkylation sites (tertiary alicyclic amines) is 1. The van der Waals surface area contributed by atoms with Gasteiger partial charge in [0.15, 0.2) is 0 Å². The smallest absolute Gasteiger partial charge is 0.259 e. The number of nitrogens with zero attached hydrogens (tertiary/aromatic N) is 1. The Morgan fingerprint density at radius 3 is 2.58 bits per heavy atom. The third-order valence-electron chi connectivity index (χ3n) is 4.28. The number of halogens is 1. The fraction of sp³-hybridized carbons (Fsp3) is 0.250. The van der Waals surface area contributed by atoms with E-state index in [0.29, 0.717) is 22.8 Å². The quantitative estimate of drug-likeness (QED) is 0.646. The van der Waals surface area contributed by atoms with E-state index >= 15 is 0 Å². The second-order valence-electron chi connectivity index (χ2n) is 6.08. The third kappa shape index (κ3) is 3.35. The molecule has 0 bridgehead atoms. The molecule has 1 aromatic rings. The summed E-state index contributed by atoms with van der Waals surface area (Å²) >= 11 is 0. The van der Waals surface area contributed by atoms with Crippen LogP contribution in [0.2, 0.25) is 0 Å². The molecule has 26 heavy (non-hydrogen) atoms.